The molecule has 4 rings (SSSR count). The molecule has 29 heavy (non-hydrogen) atoms. The zero-order valence-corrected chi connectivity index (χ0v) is 16.4. The molecule has 0 spiro atoms. The number of carboxylic acids is 1. The molecule has 0 amide bonds. The van der Waals surface area contributed by atoms with E-state index >= 15 is 0 Å². The van der Waals surface area contributed by atoms with E-state index in [4.69, 9.17) is 0 Å². The Morgan fingerprint density at radius 1 is 0.966 bits per heavy atom. The largest absolute Gasteiger partial charge is 0.479 e. The van der Waals surface area contributed by atoms with Gasteiger partial charge in [0.25, 0.3) is 0 Å². The molecule has 0 saturated heterocycles. The minimum Gasteiger partial charge on any atom is -0.479 e. The van der Waals surface area contributed by atoms with E-state index in [2.05, 4.69) is 17.4 Å². The highest BCUT2D eigenvalue weighted by Gasteiger charge is 2.59. The van der Waals surface area contributed by atoms with Gasteiger partial charge in [0.05, 0.1) is 5.54 Å². The molecule has 1 aliphatic rings. The maximum Gasteiger partial charge on any atom is 0.342 e. The van der Waals surface area contributed by atoms with Crippen LogP contribution in [0.4, 0.5) is 0 Å². The first kappa shape index (κ1) is 19.4. The number of fused-ring (bicyclic) bond motifs is 1. The van der Waals surface area contributed by atoms with Crippen molar-refractivity contribution in [1.29, 1.82) is 0 Å². The van der Waals surface area contributed by atoms with Crippen LogP contribution in [0.3, 0.4) is 0 Å². The van der Waals surface area contributed by atoms with Gasteiger partial charge >= 0.3 is 5.97 Å². The maximum absolute atomic E-state index is 12.6. The molecule has 0 saturated carbocycles. The molecule has 148 valence electrons. The van der Waals surface area contributed by atoms with Crippen molar-refractivity contribution in [3.8, 4) is 0 Å². The molecular formula is C25H25NO3. The molecule has 4 nitrogen and oxygen atoms in total. The smallest absolute Gasteiger partial charge is 0.342 e. The van der Waals surface area contributed by atoms with Crippen LogP contribution in [0.15, 0.2) is 84.9 Å². The summed E-state index contributed by atoms with van der Waals surface area (Å²) < 4.78 is 0. The quantitative estimate of drug-likeness (QED) is 0.619. The second kappa shape index (κ2) is 7.47. The molecular weight excluding hydrogens is 362 g/mol. The first-order chi connectivity index (χ1) is 14.0. The zero-order valence-electron chi connectivity index (χ0n) is 16.4. The predicted molar refractivity (Wildman–Crippen MR) is 113 cm³/mol. The van der Waals surface area contributed by atoms with E-state index in [1.54, 1.807) is 31.3 Å². The number of carbonyl (C=O) groups is 1. The van der Waals surface area contributed by atoms with Gasteiger partial charge < -0.3 is 15.5 Å². The summed E-state index contributed by atoms with van der Waals surface area (Å²) in [6.45, 7) is 0. The third-order valence-corrected chi connectivity index (χ3v) is 6.35. The van der Waals surface area contributed by atoms with Crippen molar-refractivity contribution in [2.45, 2.75) is 29.9 Å². The molecule has 3 aromatic rings. The van der Waals surface area contributed by atoms with Crippen molar-refractivity contribution in [2.24, 2.45) is 0 Å². The molecule has 4 heteroatoms. The van der Waals surface area contributed by atoms with Crippen LogP contribution >= 0.6 is 0 Å². The second-order valence-corrected chi connectivity index (χ2v) is 7.63. The lowest BCUT2D eigenvalue weighted by Crippen LogP contribution is -2.62. The topological polar surface area (TPSA) is 69.6 Å². The van der Waals surface area contributed by atoms with E-state index in [1.807, 2.05) is 48.5 Å². The van der Waals surface area contributed by atoms with Crippen LogP contribution in [-0.2, 0) is 15.9 Å². The lowest BCUT2D eigenvalue weighted by atomic mass is 9.61. The van der Waals surface area contributed by atoms with Crippen LogP contribution in [0.5, 0.6) is 0 Å². The van der Waals surface area contributed by atoms with E-state index in [-0.39, 0.29) is 5.92 Å². The summed E-state index contributed by atoms with van der Waals surface area (Å²) in [4.78, 5) is 12.6. The number of carboxylic acid groups (broad SMARTS) is 1. The van der Waals surface area contributed by atoms with Crippen molar-refractivity contribution in [3.63, 3.8) is 0 Å². The Balaban J connectivity index is 1.94. The zero-order chi connectivity index (χ0) is 20.5. The molecule has 0 aromatic heterocycles. The lowest BCUT2D eigenvalue weighted by Gasteiger charge is -2.50. The molecule has 3 N–H and O–H groups in total. The van der Waals surface area contributed by atoms with Crippen LogP contribution in [0.1, 0.15) is 41.0 Å². The average Bonchev–Trinajstić information content (AvgIpc) is 2.79. The Morgan fingerprint density at radius 3 is 2.17 bits per heavy atom. The Morgan fingerprint density at radius 2 is 1.55 bits per heavy atom. The van der Waals surface area contributed by atoms with Crippen LogP contribution < -0.4 is 5.32 Å². The van der Waals surface area contributed by atoms with Crippen LogP contribution in [-0.4, -0.2) is 23.2 Å². The van der Waals surface area contributed by atoms with Gasteiger partial charge in [-0.2, -0.15) is 0 Å². The van der Waals surface area contributed by atoms with Gasteiger partial charge in [-0.1, -0.05) is 84.9 Å². The van der Waals surface area contributed by atoms with E-state index < -0.39 is 17.1 Å². The number of hydrogen-bond donors (Lipinski definition) is 3. The molecule has 0 heterocycles. The van der Waals surface area contributed by atoms with E-state index in [9.17, 15) is 15.0 Å². The fourth-order valence-electron chi connectivity index (χ4n) is 4.92. The van der Waals surface area contributed by atoms with Gasteiger partial charge in [-0.15, -0.1) is 0 Å². The summed E-state index contributed by atoms with van der Waals surface area (Å²) in [5, 5.41) is 25.3. The minimum absolute atomic E-state index is 0.155. The van der Waals surface area contributed by atoms with Gasteiger partial charge in [-0.25, -0.2) is 4.79 Å². The summed E-state index contributed by atoms with van der Waals surface area (Å²) in [6, 6.07) is 26.8. The summed E-state index contributed by atoms with van der Waals surface area (Å²) in [5.74, 6) is -1.10. The third-order valence-electron chi connectivity index (χ3n) is 6.35. The fourth-order valence-corrected chi connectivity index (χ4v) is 4.92. The summed E-state index contributed by atoms with van der Waals surface area (Å²) in [5.41, 5.74) is 0.187. The average molecular weight is 387 g/mol. The first-order valence-corrected chi connectivity index (χ1v) is 9.89. The van der Waals surface area contributed by atoms with Crippen LogP contribution in [0, 0.1) is 0 Å². The first-order valence-electron chi connectivity index (χ1n) is 9.89. The number of aliphatic hydroxyl groups is 1. The number of nitrogens with one attached hydrogen (secondary N) is 1. The molecule has 1 aliphatic carbocycles. The van der Waals surface area contributed by atoms with E-state index in [0.29, 0.717) is 12.0 Å². The number of likely N-dealkylation sites (N-methyl/N-ethyl adjacent to an activating group) is 1. The number of rotatable bonds is 5. The standard InChI is InChI=1S/C25H25NO3/c1-26-24(25(29,23(27)28)19-12-6-3-7-13-19)17-16-20(18-10-4-2-5-11-18)21-14-8-9-15-22(21)24/h2-15,20,26,29H,16-17H2,1H3,(H,27,28)/t20-,24+,25?/m1/s1. The molecule has 3 atom stereocenters. The van der Waals surface area contributed by atoms with Gasteiger partial charge in [0.1, 0.15) is 0 Å². The summed E-state index contributed by atoms with van der Waals surface area (Å²) in [6.07, 6.45) is 1.21. The minimum atomic E-state index is -2.11. The highest BCUT2D eigenvalue weighted by Crippen LogP contribution is 2.52. The second-order valence-electron chi connectivity index (χ2n) is 7.63. The van der Waals surface area contributed by atoms with E-state index in [1.165, 1.54) is 5.56 Å². The molecule has 0 radical (unpaired) electrons. The fraction of sp³-hybridized carbons (Fsp3) is 0.240. The number of aliphatic carboxylic acids is 1. The van der Waals surface area contributed by atoms with Gasteiger partial charge in [0.2, 0.25) is 5.60 Å². The van der Waals surface area contributed by atoms with Gasteiger partial charge in [-0.3, -0.25) is 0 Å². The van der Waals surface area contributed by atoms with Gasteiger partial charge in [0.15, 0.2) is 0 Å². The Bertz CT molecular complexity index is 1000. The highest BCUT2D eigenvalue weighted by atomic mass is 16.4. The van der Waals surface area contributed by atoms with Crippen molar-refractivity contribution in [2.75, 3.05) is 7.05 Å². The predicted octanol–water partition coefficient (Wildman–Crippen LogP) is 4.00. The van der Waals surface area contributed by atoms with Crippen LogP contribution in [0.25, 0.3) is 0 Å². The Kier molecular flexibility index (Phi) is 4.99. The molecule has 3 aromatic carbocycles. The lowest BCUT2D eigenvalue weighted by molar-refractivity contribution is -0.173. The summed E-state index contributed by atoms with van der Waals surface area (Å²) >= 11 is 0. The molecule has 1 unspecified atom stereocenters. The van der Waals surface area contributed by atoms with Gasteiger partial charge in [0, 0.05) is 5.92 Å². The third kappa shape index (κ3) is 2.87. The van der Waals surface area contributed by atoms with E-state index in [0.717, 1.165) is 17.5 Å². The van der Waals surface area contributed by atoms with Crippen LogP contribution in [0.2, 0.25) is 0 Å². The van der Waals surface area contributed by atoms with Crippen molar-refractivity contribution < 1.29 is 15.0 Å². The molecule has 0 aliphatic heterocycles. The molecule has 0 bridgehead atoms. The highest BCUT2D eigenvalue weighted by molar-refractivity contribution is 5.82. The monoisotopic (exact) mass is 387 g/mol. The summed E-state index contributed by atoms with van der Waals surface area (Å²) in [7, 11) is 1.73. The van der Waals surface area contributed by atoms with Crippen molar-refractivity contribution in [1.82, 2.24) is 5.32 Å². The van der Waals surface area contributed by atoms with Crippen molar-refractivity contribution in [3.05, 3.63) is 107 Å². The number of hydrogen-bond acceptors (Lipinski definition) is 3. The Hall–Kier alpha value is -2.95. The normalized spacial score (nSPS) is 23.0. The maximum atomic E-state index is 12.6. The number of benzene rings is 3. The van der Waals surface area contributed by atoms with Crippen molar-refractivity contribution >= 4 is 5.97 Å². The molecule has 0 fully saturated rings. The van der Waals surface area contributed by atoms with Gasteiger partial charge in [-0.05, 0) is 42.1 Å². The Labute approximate surface area is 170 Å². The SMILES string of the molecule is CN[C@@]1(C(O)(C(=O)O)c2ccccc2)CC[C@H](c2ccccc2)c2ccccc21.